The first-order chi connectivity index (χ1) is 5.27. The highest BCUT2D eigenvalue weighted by atomic mass is 79.9. The van der Waals surface area contributed by atoms with Crippen LogP contribution < -0.4 is 5.56 Å². The number of halogens is 1. The summed E-state index contributed by atoms with van der Waals surface area (Å²) in [5.41, 5.74) is -0.135. The fraction of sp³-hybridized carbons (Fsp3) is 0. The number of aromatic nitrogens is 2. The molecule has 2 rings (SSSR count). The van der Waals surface area contributed by atoms with Gasteiger partial charge in [0, 0.05) is 0 Å². The van der Waals surface area contributed by atoms with Crippen LogP contribution in [0.25, 0.3) is 10.1 Å². The van der Waals surface area contributed by atoms with Crippen molar-refractivity contribution in [2.45, 2.75) is 0 Å². The van der Waals surface area contributed by atoms with Crippen molar-refractivity contribution < 1.29 is 0 Å². The first-order valence-corrected chi connectivity index (χ1v) is 4.51. The summed E-state index contributed by atoms with van der Waals surface area (Å²) in [5.74, 6) is 0. The van der Waals surface area contributed by atoms with Gasteiger partial charge in [-0.3, -0.25) is 4.79 Å². The second-order valence-electron chi connectivity index (χ2n) is 2.03. The van der Waals surface area contributed by atoms with Gasteiger partial charge < -0.3 is 0 Å². The lowest BCUT2D eigenvalue weighted by Crippen LogP contribution is -2.05. The smallest absolute Gasteiger partial charge is 0.267 e. The largest absolute Gasteiger partial charge is 0.272 e. The topological polar surface area (TPSA) is 45.8 Å². The lowest BCUT2D eigenvalue weighted by atomic mass is 10.4. The van der Waals surface area contributed by atoms with E-state index in [0.717, 1.165) is 8.49 Å². The Morgan fingerprint density at radius 1 is 1.64 bits per heavy atom. The number of nitrogens with zero attached hydrogens (tertiary/aromatic N) is 1. The van der Waals surface area contributed by atoms with Gasteiger partial charge in [0.25, 0.3) is 5.56 Å². The van der Waals surface area contributed by atoms with Crippen LogP contribution in [0.1, 0.15) is 0 Å². The van der Waals surface area contributed by atoms with Gasteiger partial charge in [0.1, 0.15) is 0 Å². The summed E-state index contributed by atoms with van der Waals surface area (Å²) in [6.07, 6.45) is 1.64. The van der Waals surface area contributed by atoms with Crippen molar-refractivity contribution >= 4 is 37.4 Å². The molecule has 0 aromatic carbocycles. The molecule has 3 nitrogen and oxygen atoms in total. The predicted octanol–water partition coefficient (Wildman–Crippen LogP) is 1.75. The maximum atomic E-state index is 11.1. The zero-order valence-corrected chi connectivity index (χ0v) is 7.70. The fourth-order valence-electron chi connectivity index (χ4n) is 0.857. The van der Waals surface area contributed by atoms with Crippen molar-refractivity contribution in [3.05, 3.63) is 26.4 Å². The van der Waals surface area contributed by atoms with Crippen molar-refractivity contribution in [2.75, 3.05) is 0 Å². The average Bonchev–Trinajstić information content (AvgIpc) is 2.31. The van der Waals surface area contributed by atoms with Gasteiger partial charge in [0.15, 0.2) is 0 Å². The van der Waals surface area contributed by atoms with E-state index in [1.165, 1.54) is 11.3 Å². The maximum Gasteiger partial charge on any atom is 0.272 e. The van der Waals surface area contributed by atoms with Crippen LogP contribution in [-0.2, 0) is 0 Å². The third-order valence-electron chi connectivity index (χ3n) is 1.32. The van der Waals surface area contributed by atoms with E-state index in [2.05, 4.69) is 26.1 Å². The zero-order chi connectivity index (χ0) is 7.84. The molecule has 0 bridgehead atoms. The summed E-state index contributed by atoms with van der Waals surface area (Å²) in [7, 11) is 0. The molecule has 2 aromatic rings. The van der Waals surface area contributed by atoms with Gasteiger partial charge in [0.05, 0.1) is 20.1 Å². The second kappa shape index (κ2) is 2.42. The molecule has 0 aliphatic heterocycles. The van der Waals surface area contributed by atoms with Gasteiger partial charge in [-0.1, -0.05) is 0 Å². The van der Waals surface area contributed by atoms with Crippen LogP contribution in [0.5, 0.6) is 0 Å². The molecule has 0 spiro atoms. The molecule has 0 radical (unpaired) electrons. The van der Waals surface area contributed by atoms with E-state index in [0.29, 0.717) is 5.39 Å². The van der Waals surface area contributed by atoms with E-state index in [1.807, 2.05) is 0 Å². The minimum absolute atomic E-state index is 0.135. The molecule has 5 heteroatoms. The van der Waals surface area contributed by atoms with E-state index in [4.69, 9.17) is 0 Å². The summed E-state index contributed by atoms with van der Waals surface area (Å²) >= 11 is 4.80. The van der Waals surface area contributed by atoms with Crippen molar-refractivity contribution in [3.8, 4) is 0 Å². The Morgan fingerprint density at radius 3 is 3.18 bits per heavy atom. The summed E-state index contributed by atoms with van der Waals surface area (Å²) < 4.78 is 1.85. The number of hydrogen-bond acceptors (Lipinski definition) is 3. The number of hydrogen-bond donors (Lipinski definition) is 1. The molecule has 1 N–H and O–H groups in total. The number of aromatic amines is 1. The highest BCUT2D eigenvalue weighted by Gasteiger charge is 2.01. The molecule has 0 amide bonds. The molecule has 0 aliphatic rings. The Kier molecular flexibility index (Phi) is 1.54. The molecule has 0 saturated carbocycles. The van der Waals surface area contributed by atoms with E-state index in [9.17, 15) is 4.79 Å². The Bertz CT molecular complexity index is 447. The Balaban J connectivity index is 3.02. The third-order valence-corrected chi connectivity index (χ3v) is 2.90. The minimum atomic E-state index is -0.135. The van der Waals surface area contributed by atoms with Crippen molar-refractivity contribution in [1.29, 1.82) is 0 Å². The minimum Gasteiger partial charge on any atom is -0.267 e. The zero-order valence-electron chi connectivity index (χ0n) is 5.30. The van der Waals surface area contributed by atoms with Crippen LogP contribution in [0.15, 0.2) is 20.8 Å². The van der Waals surface area contributed by atoms with Crippen molar-refractivity contribution in [2.24, 2.45) is 0 Å². The summed E-state index contributed by atoms with van der Waals surface area (Å²) in [5, 5.41) is 6.74. The number of thiophene rings is 1. The number of rotatable bonds is 0. The van der Waals surface area contributed by atoms with Crippen LogP contribution >= 0.6 is 27.3 Å². The van der Waals surface area contributed by atoms with Gasteiger partial charge in [0.2, 0.25) is 0 Å². The standard InChI is InChI=1S/C6H3BrN2OS/c7-5-1-3-4(11-5)2-8-9-6(3)10/h1-2H,(H,9,10). The molecular formula is C6H3BrN2OS. The quantitative estimate of drug-likeness (QED) is 0.750. The van der Waals surface area contributed by atoms with Crippen LogP contribution in [0.3, 0.4) is 0 Å². The Morgan fingerprint density at radius 2 is 2.45 bits per heavy atom. The van der Waals surface area contributed by atoms with Crippen molar-refractivity contribution in [3.63, 3.8) is 0 Å². The summed E-state index contributed by atoms with van der Waals surface area (Å²) in [4.78, 5) is 11.1. The second-order valence-corrected chi connectivity index (χ2v) is 4.49. The van der Waals surface area contributed by atoms with Crippen LogP contribution in [-0.4, -0.2) is 10.2 Å². The fourth-order valence-corrected chi connectivity index (χ4v) is 2.36. The Hall–Kier alpha value is -0.680. The van der Waals surface area contributed by atoms with Crippen LogP contribution in [0.4, 0.5) is 0 Å². The lowest BCUT2D eigenvalue weighted by molar-refractivity contribution is 1.01. The number of nitrogens with one attached hydrogen (secondary N) is 1. The van der Waals surface area contributed by atoms with Crippen LogP contribution in [0, 0.1) is 0 Å². The van der Waals surface area contributed by atoms with Crippen molar-refractivity contribution in [1.82, 2.24) is 10.2 Å². The van der Waals surface area contributed by atoms with E-state index in [1.54, 1.807) is 12.3 Å². The molecule has 2 aromatic heterocycles. The van der Waals surface area contributed by atoms with Gasteiger partial charge in [-0.25, -0.2) is 5.10 Å². The third kappa shape index (κ3) is 1.10. The molecule has 56 valence electrons. The van der Waals surface area contributed by atoms with Gasteiger partial charge in [-0.05, 0) is 22.0 Å². The first-order valence-electron chi connectivity index (χ1n) is 2.90. The molecule has 2 heterocycles. The first kappa shape index (κ1) is 7.00. The monoisotopic (exact) mass is 230 g/mol. The van der Waals surface area contributed by atoms with Gasteiger partial charge in [-0.2, -0.15) is 5.10 Å². The van der Waals surface area contributed by atoms with E-state index < -0.39 is 0 Å². The average molecular weight is 231 g/mol. The lowest BCUT2D eigenvalue weighted by Gasteiger charge is -1.82. The molecule has 0 unspecified atom stereocenters. The van der Waals surface area contributed by atoms with Gasteiger partial charge >= 0.3 is 0 Å². The summed E-state index contributed by atoms with van der Waals surface area (Å²) in [6, 6.07) is 1.79. The number of H-pyrrole nitrogens is 1. The van der Waals surface area contributed by atoms with E-state index in [-0.39, 0.29) is 5.56 Å². The molecular weight excluding hydrogens is 228 g/mol. The van der Waals surface area contributed by atoms with E-state index >= 15 is 0 Å². The molecule has 0 saturated heterocycles. The highest BCUT2D eigenvalue weighted by molar-refractivity contribution is 9.11. The predicted molar refractivity (Wildman–Crippen MR) is 47.9 cm³/mol. The normalized spacial score (nSPS) is 10.6. The Labute approximate surface area is 74.2 Å². The van der Waals surface area contributed by atoms with Crippen LogP contribution in [0.2, 0.25) is 0 Å². The summed E-state index contributed by atoms with van der Waals surface area (Å²) in [6.45, 7) is 0. The molecule has 0 atom stereocenters. The number of fused-ring (bicyclic) bond motifs is 1. The molecule has 11 heavy (non-hydrogen) atoms. The molecule has 0 fully saturated rings. The molecule has 0 aliphatic carbocycles. The maximum absolute atomic E-state index is 11.1. The highest BCUT2D eigenvalue weighted by Crippen LogP contribution is 2.26. The van der Waals surface area contributed by atoms with Gasteiger partial charge in [-0.15, -0.1) is 11.3 Å². The SMILES string of the molecule is O=c1[nH]ncc2sc(Br)cc12.